The van der Waals surface area contributed by atoms with E-state index in [1.165, 1.54) is 18.2 Å². The third-order valence-electron chi connectivity index (χ3n) is 3.49. The predicted octanol–water partition coefficient (Wildman–Crippen LogP) is 2.29. The minimum Gasteiger partial charge on any atom is -0.334 e. The zero-order chi connectivity index (χ0) is 15.7. The summed E-state index contributed by atoms with van der Waals surface area (Å²) in [7, 11) is 1.85. The molecule has 1 unspecified atom stereocenters. The first-order valence-corrected chi connectivity index (χ1v) is 6.89. The maximum absolute atomic E-state index is 13.3. The van der Waals surface area contributed by atoms with E-state index < -0.39 is 5.82 Å². The van der Waals surface area contributed by atoms with Crippen molar-refractivity contribution in [1.29, 1.82) is 0 Å². The zero-order valence-corrected chi connectivity index (χ0v) is 13.4. The number of hydrogen-bond acceptors (Lipinski definition) is 5. The molecule has 0 saturated heterocycles. The summed E-state index contributed by atoms with van der Waals surface area (Å²) < 4.78 is 18.6. The van der Waals surface area contributed by atoms with Gasteiger partial charge >= 0.3 is 0 Å². The van der Waals surface area contributed by atoms with Crippen molar-refractivity contribution >= 4 is 23.3 Å². The molecule has 0 amide bonds. The molecule has 122 valence electrons. The van der Waals surface area contributed by atoms with E-state index in [1.807, 2.05) is 14.0 Å². The minimum atomic E-state index is -0.422. The van der Waals surface area contributed by atoms with Crippen LogP contribution in [-0.2, 0) is 6.42 Å². The summed E-state index contributed by atoms with van der Waals surface area (Å²) in [5, 5.41) is 7.66. The molecular formula is C15H16ClFN4O2. The molecule has 0 bridgehead atoms. The second kappa shape index (κ2) is 6.89. The van der Waals surface area contributed by atoms with E-state index in [9.17, 15) is 9.18 Å². The van der Waals surface area contributed by atoms with Crippen molar-refractivity contribution in [1.82, 2.24) is 20.4 Å². The topological polar surface area (TPSA) is 83.8 Å². The van der Waals surface area contributed by atoms with Crippen molar-refractivity contribution in [2.24, 2.45) is 0 Å². The van der Waals surface area contributed by atoms with Crippen molar-refractivity contribution in [3.63, 3.8) is 0 Å². The Labute approximate surface area is 137 Å². The molecule has 6 nitrogen and oxygen atoms in total. The fraction of sp³-hybridized carbons (Fsp3) is 0.267. The highest BCUT2D eigenvalue weighted by Gasteiger charge is 2.15. The third kappa shape index (κ3) is 3.57. The lowest BCUT2D eigenvalue weighted by Gasteiger charge is -2.05. The molecule has 0 radical (unpaired) electrons. The van der Waals surface area contributed by atoms with Gasteiger partial charge in [0.2, 0.25) is 5.56 Å². The summed E-state index contributed by atoms with van der Waals surface area (Å²) >= 11 is 0. The number of pyridine rings is 1. The molecule has 2 aromatic heterocycles. The molecule has 0 fully saturated rings. The largest absolute Gasteiger partial charge is 0.334 e. The Morgan fingerprint density at radius 1 is 1.39 bits per heavy atom. The quantitative estimate of drug-likeness (QED) is 0.762. The highest BCUT2D eigenvalue weighted by Crippen LogP contribution is 2.25. The number of benzene rings is 1. The molecule has 0 spiro atoms. The molecule has 23 heavy (non-hydrogen) atoms. The molecule has 0 aliphatic heterocycles. The summed E-state index contributed by atoms with van der Waals surface area (Å²) in [6, 6.07) is 5.75. The highest BCUT2D eigenvalue weighted by molar-refractivity contribution is 5.91. The van der Waals surface area contributed by atoms with Crippen LogP contribution >= 0.6 is 12.4 Å². The first-order valence-electron chi connectivity index (χ1n) is 6.89. The van der Waals surface area contributed by atoms with Gasteiger partial charge in [-0.25, -0.2) is 4.39 Å². The lowest BCUT2D eigenvalue weighted by Crippen LogP contribution is -2.24. The number of aromatic nitrogens is 3. The van der Waals surface area contributed by atoms with Gasteiger partial charge in [0.15, 0.2) is 5.82 Å². The molecule has 3 aromatic rings. The van der Waals surface area contributed by atoms with Crippen LogP contribution in [0.5, 0.6) is 0 Å². The monoisotopic (exact) mass is 338 g/mol. The number of likely N-dealkylation sites (N-methyl/N-ethyl adjacent to an activating group) is 1. The van der Waals surface area contributed by atoms with Crippen molar-refractivity contribution in [2.45, 2.75) is 19.4 Å². The normalized spacial score (nSPS) is 12.1. The van der Waals surface area contributed by atoms with Crippen LogP contribution in [0.4, 0.5) is 4.39 Å². The van der Waals surface area contributed by atoms with Gasteiger partial charge in [-0.15, -0.1) is 12.4 Å². The van der Waals surface area contributed by atoms with E-state index in [4.69, 9.17) is 4.52 Å². The Balaban J connectivity index is 0.00000192. The number of H-pyrrole nitrogens is 1. The maximum atomic E-state index is 13.3. The summed E-state index contributed by atoms with van der Waals surface area (Å²) in [6.45, 7) is 2.00. The van der Waals surface area contributed by atoms with Crippen LogP contribution in [0.15, 0.2) is 33.6 Å². The maximum Gasteiger partial charge on any atom is 0.258 e. The number of hydrogen-bond donors (Lipinski definition) is 2. The van der Waals surface area contributed by atoms with Crippen LogP contribution in [0.3, 0.4) is 0 Å². The van der Waals surface area contributed by atoms with E-state index >= 15 is 0 Å². The van der Waals surface area contributed by atoms with Gasteiger partial charge in [0.1, 0.15) is 5.82 Å². The SMILES string of the molecule is CNC(C)Cc1noc(-c2cc(=O)[nH]c3cc(F)ccc23)n1.Cl. The molecule has 0 aliphatic rings. The molecule has 0 saturated carbocycles. The van der Waals surface area contributed by atoms with Crippen LogP contribution in [0.25, 0.3) is 22.4 Å². The number of halogens is 2. The fourth-order valence-corrected chi connectivity index (χ4v) is 2.23. The molecular weight excluding hydrogens is 323 g/mol. The summed E-state index contributed by atoms with van der Waals surface area (Å²) in [5.74, 6) is 0.378. The average Bonchev–Trinajstić information content (AvgIpc) is 2.94. The Bertz CT molecular complexity index is 877. The minimum absolute atomic E-state index is 0. The number of nitrogens with one attached hydrogen (secondary N) is 2. The number of fused-ring (bicyclic) bond motifs is 1. The molecule has 3 rings (SSSR count). The van der Waals surface area contributed by atoms with Gasteiger partial charge in [0.25, 0.3) is 5.89 Å². The Morgan fingerprint density at radius 2 is 2.17 bits per heavy atom. The molecule has 8 heteroatoms. The van der Waals surface area contributed by atoms with Gasteiger partial charge in [-0.2, -0.15) is 4.98 Å². The second-order valence-electron chi connectivity index (χ2n) is 5.15. The van der Waals surface area contributed by atoms with Crippen molar-refractivity contribution in [3.8, 4) is 11.5 Å². The molecule has 2 N–H and O–H groups in total. The lowest BCUT2D eigenvalue weighted by molar-refractivity contribution is 0.418. The van der Waals surface area contributed by atoms with Gasteiger partial charge in [0, 0.05) is 23.9 Å². The van der Waals surface area contributed by atoms with Crippen LogP contribution in [0.1, 0.15) is 12.7 Å². The van der Waals surface area contributed by atoms with E-state index in [1.54, 1.807) is 6.07 Å². The third-order valence-corrected chi connectivity index (χ3v) is 3.49. The van der Waals surface area contributed by atoms with E-state index in [2.05, 4.69) is 20.4 Å². The van der Waals surface area contributed by atoms with E-state index in [-0.39, 0.29) is 29.9 Å². The van der Waals surface area contributed by atoms with Gasteiger partial charge in [-0.05, 0) is 32.2 Å². The first kappa shape index (κ1) is 17.1. The second-order valence-corrected chi connectivity index (χ2v) is 5.15. The van der Waals surface area contributed by atoms with E-state index in [0.29, 0.717) is 28.7 Å². The standard InChI is InChI=1S/C15H15FN4O2.ClH/c1-8(17-2)5-13-19-15(22-20-13)11-7-14(21)18-12-6-9(16)3-4-10(11)12;/h3-4,6-8,17H,5H2,1-2H3,(H,18,21);1H. The van der Waals surface area contributed by atoms with Crippen molar-refractivity contribution < 1.29 is 8.91 Å². The van der Waals surface area contributed by atoms with Crippen molar-refractivity contribution in [2.75, 3.05) is 7.05 Å². The Hall–Kier alpha value is -2.25. The van der Waals surface area contributed by atoms with Gasteiger partial charge in [-0.1, -0.05) is 5.16 Å². The van der Waals surface area contributed by atoms with Gasteiger partial charge < -0.3 is 14.8 Å². The smallest absolute Gasteiger partial charge is 0.258 e. The molecule has 1 atom stereocenters. The Kier molecular flexibility index (Phi) is 5.12. The molecule has 0 aliphatic carbocycles. The fourth-order valence-electron chi connectivity index (χ4n) is 2.23. The Morgan fingerprint density at radius 3 is 2.91 bits per heavy atom. The van der Waals surface area contributed by atoms with E-state index in [0.717, 1.165) is 0 Å². The summed E-state index contributed by atoms with van der Waals surface area (Å²) in [6.07, 6.45) is 0.607. The summed E-state index contributed by atoms with van der Waals surface area (Å²) in [5.41, 5.74) is 0.539. The molecule has 2 heterocycles. The van der Waals surface area contributed by atoms with Gasteiger partial charge in [0.05, 0.1) is 11.1 Å². The van der Waals surface area contributed by atoms with Crippen LogP contribution < -0.4 is 10.9 Å². The zero-order valence-electron chi connectivity index (χ0n) is 12.6. The number of rotatable bonds is 4. The predicted molar refractivity (Wildman–Crippen MR) is 87.3 cm³/mol. The average molecular weight is 339 g/mol. The summed E-state index contributed by atoms with van der Waals surface area (Å²) in [4.78, 5) is 18.7. The van der Waals surface area contributed by atoms with Crippen LogP contribution in [0, 0.1) is 5.82 Å². The number of aromatic amines is 1. The van der Waals surface area contributed by atoms with Gasteiger partial charge in [-0.3, -0.25) is 4.79 Å². The highest BCUT2D eigenvalue weighted by atomic mass is 35.5. The number of nitrogens with zero attached hydrogens (tertiary/aromatic N) is 2. The van der Waals surface area contributed by atoms with Crippen LogP contribution in [-0.4, -0.2) is 28.2 Å². The first-order chi connectivity index (χ1) is 10.6. The van der Waals surface area contributed by atoms with Crippen LogP contribution in [0.2, 0.25) is 0 Å². The molecule has 1 aromatic carbocycles. The lowest BCUT2D eigenvalue weighted by atomic mass is 10.1. The van der Waals surface area contributed by atoms with Crippen molar-refractivity contribution in [3.05, 3.63) is 46.3 Å².